The fourth-order valence-corrected chi connectivity index (χ4v) is 4.02. The van der Waals surface area contributed by atoms with Gasteiger partial charge in [-0.3, -0.25) is 19.5 Å². The SMILES string of the molecule is O=C1C(=O)N(c2cc(F)ccc2F)C(c2cccnc2)/C1=C(/O)c1c[nH]c2ccccc12. The lowest BCUT2D eigenvalue weighted by Gasteiger charge is -2.25. The number of rotatable bonds is 3. The third kappa shape index (κ3) is 2.96. The van der Waals surface area contributed by atoms with Crippen LogP contribution in [0, 0.1) is 11.6 Å². The predicted molar refractivity (Wildman–Crippen MR) is 114 cm³/mol. The number of aliphatic hydroxyl groups is 1. The van der Waals surface area contributed by atoms with Gasteiger partial charge in [0.25, 0.3) is 11.7 Å². The molecule has 4 aromatic rings. The number of anilines is 1. The molecular formula is C24H15F2N3O3. The molecule has 0 saturated carbocycles. The van der Waals surface area contributed by atoms with Crippen LogP contribution in [-0.2, 0) is 9.59 Å². The van der Waals surface area contributed by atoms with Crippen molar-refractivity contribution in [2.75, 3.05) is 4.90 Å². The summed E-state index contributed by atoms with van der Waals surface area (Å²) in [5, 5.41) is 11.8. The number of hydrogen-bond donors (Lipinski definition) is 2. The lowest BCUT2D eigenvalue weighted by Crippen LogP contribution is -2.30. The molecule has 0 spiro atoms. The van der Waals surface area contributed by atoms with Crippen LogP contribution in [0.2, 0.25) is 0 Å². The van der Waals surface area contributed by atoms with Gasteiger partial charge in [0.1, 0.15) is 17.4 Å². The summed E-state index contributed by atoms with van der Waals surface area (Å²) in [4.78, 5) is 34.0. The number of nitrogens with zero attached hydrogens (tertiary/aromatic N) is 2. The first kappa shape index (κ1) is 19.6. The number of pyridine rings is 1. The molecule has 1 aliphatic rings. The Morgan fingerprint density at radius 3 is 2.66 bits per heavy atom. The summed E-state index contributed by atoms with van der Waals surface area (Å²) in [6.45, 7) is 0. The van der Waals surface area contributed by atoms with E-state index in [-0.39, 0.29) is 5.57 Å². The summed E-state index contributed by atoms with van der Waals surface area (Å²) in [6, 6.07) is 11.7. The van der Waals surface area contributed by atoms with Gasteiger partial charge in [-0.1, -0.05) is 24.3 Å². The third-order valence-electron chi connectivity index (χ3n) is 5.46. The van der Waals surface area contributed by atoms with Gasteiger partial charge in [0.2, 0.25) is 0 Å². The van der Waals surface area contributed by atoms with E-state index in [9.17, 15) is 23.5 Å². The van der Waals surface area contributed by atoms with E-state index in [4.69, 9.17) is 0 Å². The van der Waals surface area contributed by atoms with Gasteiger partial charge < -0.3 is 10.1 Å². The molecule has 1 saturated heterocycles. The van der Waals surface area contributed by atoms with Gasteiger partial charge in [-0.15, -0.1) is 0 Å². The number of Topliss-reactive ketones (excluding diaryl/α,β-unsaturated/α-hetero) is 1. The standard InChI is InChI=1S/C24H15F2N3O3/c25-14-7-8-17(26)19(10-14)29-21(13-4-3-9-27-11-13)20(23(31)24(29)32)22(30)16-12-28-18-6-2-1-5-15(16)18/h1-12,21,28,30H/b22-20-. The number of carbonyl (C=O) groups excluding carboxylic acids is 2. The Bertz CT molecular complexity index is 1410. The molecule has 1 fully saturated rings. The predicted octanol–water partition coefficient (Wildman–Crippen LogP) is 4.47. The second-order valence-corrected chi connectivity index (χ2v) is 7.30. The first-order chi connectivity index (χ1) is 15.5. The van der Waals surface area contributed by atoms with Crippen molar-refractivity contribution in [3.8, 4) is 0 Å². The minimum Gasteiger partial charge on any atom is -0.507 e. The molecule has 2 aromatic heterocycles. The highest BCUT2D eigenvalue weighted by Crippen LogP contribution is 2.43. The van der Waals surface area contributed by atoms with Crippen LogP contribution in [-0.4, -0.2) is 26.8 Å². The molecule has 1 atom stereocenters. The summed E-state index contributed by atoms with van der Waals surface area (Å²) in [7, 11) is 0. The number of para-hydroxylation sites is 1. The maximum atomic E-state index is 14.6. The molecule has 0 aliphatic carbocycles. The summed E-state index contributed by atoms with van der Waals surface area (Å²) >= 11 is 0. The molecule has 1 aliphatic heterocycles. The van der Waals surface area contributed by atoms with Crippen molar-refractivity contribution in [2.24, 2.45) is 0 Å². The number of aromatic nitrogens is 2. The molecule has 158 valence electrons. The normalized spacial score (nSPS) is 17.9. The maximum absolute atomic E-state index is 14.6. The Balaban J connectivity index is 1.78. The molecule has 2 aromatic carbocycles. The number of amides is 1. The van der Waals surface area contributed by atoms with E-state index < -0.39 is 40.8 Å². The molecule has 6 nitrogen and oxygen atoms in total. The average Bonchev–Trinajstić information content (AvgIpc) is 3.35. The number of fused-ring (bicyclic) bond motifs is 1. The number of ketones is 1. The van der Waals surface area contributed by atoms with E-state index in [1.807, 2.05) is 6.07 Å². The third-order valence-corrected chi connectivity index (χ3v) is 5.46. The van der Waals surface area contributed by atoms with Gasteiger partial charge in [-0.05, 0) is 29.8 Å². The molecule has 32 heavy (non-hydrogen) atoms. The number of aromatic amines is 1. The first-order valence-electron chi connectivity index (χ1n) is 9.70. The summed E-state index contributed by atoms with van der Waals surface area (Å²) in [6.07, 6.45) is 4.43. The van der Waals surface area contributed by atoms with Crippen molar-refractivity contribution >= 4 is 34.0 Å². The van der Waals surface area contributed by atoms with E-state index in [0.717, 1.165) is 28.6 Å². The highest BCUT2D eigenvalue weighted by molar-refractivity contribution is 6.51. The zero-order valence-corrected chi connectivity index (χ0v) is 16.4. The maximum Gasteiger partial charge on any atom is 0.300 e. The number of aliphatic hydroxyl groups excluding tert-OH is 1. The molecule has 1 amide bonds. The van der Waals surface area contributed by atoms with Gasteiger partial charge in [0, 0.05) is 41.1 Å². The van der Waals surface area contributed by atoms with Gasteiger partial charge >= 0.3 is 0 Å². The molecular weight excluding hydrogens is 416 g/mol. The van der Waals surface area contributed by atoms with E-state index in [1.165, 1.54) is 18.6 Å². The Kier molecular flexibility index (Phi) is 4.55. The van der Waals surface area contributed by atoms with E-state index in [1.54, 1.807) is 30.3 Å². The van der Waals surface area contributed by atoms with Crippen LogP contribution in [0.1, 0.15) is 17.2 Å². The second-order valence-electron chi connectivity index (χ2n) is 7.30. The highest BCUT2D eigenvalue weighted by Gasteiger charge is 2.48. The summed E-state index contributed by atoms with van der Waals surface area (Å²) < 4.78 is 28.6. The van der Waals surface area contributed by atoms with Crippen LogP contribution >= 0.6 is 0 Å². The Morgan fingerprint density at radius 2 is 1.88 bits per heavy atom. The monoisotopic (exact) mass is 431 g/mol. The fourth-order valence-electron chi connectivity index (χ4n) is 4.02. The van der Waals surface area contributed by atoms with Crippen molar-refractivity contribution in [3.05, 3.63) is 102 Å². The zero-order valence-electron chi connectivity index (χ0n) is 16.4. The number of carbonyl (C=O) groups is 2. The van der Waals surface area contributed by atoms with Gasteiger partial charge in [0.15, 0.2) is 0 Å². The Hall–Kier alpha value is -4.33. The number of halogens is 2. The van der Waals surface area contributed by atoms with Crippen molar-refractivity contribution in [3.63, 3.8) is 0 Å². The van der Waals surface area contributed by atoms with Crippen LogP contribution < -0.4 is 4.90 Å². The fraction of sp³-hybridized carbons (Fsp3) is 0.0417. The second kappa shape index (κ2) is 7.42. The molecule has 2 N–H and O–H groups in total. The number of nitrogens with one attached hydrogen (secondary N) is 1. The lowest BCUT2D eigenvalue weighted by molar-refractivity contribution is -0.132. The highest BCUT2D eigenvalue weighted by atomic mass is 19.1. The van der Waals surface area contributed by atoms with Crippen LogP contribution in [0.25, 0.3) is 16.7 Å². The van der Waals surface area contributed by atoms with Crippen molar-refractivity contribution in [1.82, 2.24) is 9.97 Å². The number of benzene rings is 2. The summed E-state index contributed by atoms with van der Waals surface area (Å²) in [5.41, 5.74) is 0.747. The molecule has 0 bridgehead atoms. The average molecular weight is 431 g/mol. The van der Waals surface area contributed by atoms with Gasteiger partial charge in [-0.25, -0.2) is 8.78 Å². The van der Waals surface area contributed by atoms with Gasteiger partial charge in [0.05, 0.1) is 17.3 Å². The smallest absolute Gasteiger partial charge is 0.300 e. The van der Waals surface area contributed by atoms with Gasteiger partial charge in [-0.2, -0.15) is 0 Å². The minimum absolute atomic E-state index is 0.239. The summed E-state index contributed by atoms with van der Waals surface area (Å²) in [5.74, 6) is -4.16. The van der Waals surface area contributed by atoms with Crippen LogP contribution in [0.5, 0.6) is 0 Å². The molecule has 0 radical (unpaired) electrons. The molecule has 3 heterocycles. The Labute approximate surface area is 180 Å². The Morgan fingerprint density at radius 1 is 1.06 bits per heavy atom. The zero-order chi connectivity index (χ0) is 22.4. The van der Waals surface area contributed by atoms with Crippen molar-refractivity contribution in [1.29, 1.82) is 0 Å². The van der Waals surface area contributed by atoms with Crippen LogP contribution in [0.3, 0.4) is 0 Å². The minimum atomic E-state index is -1.20. The van der Waals surface area contributed by atoms with Crippen molar-refractivity contribution in [2.45, 2.75) is 6.04 Å². The van der Waals surface area contributed by atoms with E-state index >= 15 is 0 Å². The molecule has 1 unspecified atom stereocenters. The molecule has 5 rings (SSSR count). The molecule has 8 heteroatoms. The quantitative estimate of drug-likeness (QED) is 0.285. The number of hydrogen-bond acceptors (Lipinski definition) is 4. The van der Waals surface area contributed by atoms with Crippen LogP contribution in [0.4, 0.5) is 14.5 Å². The van der Waals surface area contributed by atoms with Crippen molar-refractivity contribution < 1.29 is 23.5 Å². The lowest BCUT2D eigenvalue weighted by atomic mass is 9.96. The van der Waals surface area contributed by atoms with E-state index in [0.29, 0.717) is 16.5 Å². The first-order valence-corrected chi connectivity index (χ1v) is 9.70. The van der Waals surface area contributed by atoms with Crippen LogP contribution in [0.15, 0.2) is 78.8 Å². The number of H-pyrrole nitrogens is 1. The topological polar surface area (TPSA) is 86.3 Å². The largest absolute Gasteiger partial charge is 0.507 e. The van der Waals surface area contributed by atoms with E-state index in [2.05, 4.69) is 9.97 Å².